The Morgan fingerprint density at radius 3 is 2.50 bits per heavy atom. The van der Waals surface area contributed by atoms with Crippen LogP contribution in [0.15, 0.2) is 40.9 Å². The van der Waals surface area contributed by atoms with E-state index < -0.39 is 10.7 Å². The number of halogens is 2. The highest BCUT2D eigenvalue weighted by molar-refractivity contribution is 9.10. The number of hydrogen-bond acceptors (Lipinski definition) is 4. The van der Waals surface area contributed by atoms with E-state index in [0.29, 0.717) is 5.75 Å². The van der Waals surface area contributed by atoms with Crippen LogP contribution < -0.4 is 9.47 Å². The van der Waals surface area contributed by atoms with E-state index in [1.54, 1.807) is 0 Å². The van der Waals surface area contributed by atoms with Gasteiger partial charge in [-0.3, -0.25) is 10.1 Å². The summed E-state index contributed by atoms with van der Waals surface area (Å²) in [6.07, 6.45) is 0. The summed E-state index contributed by atoms with van der Waals surface area (Å²) in [6.45, 7) is 0. The van der Waals surface area contributed by atoms with Gasteiger partial charge >= 0.3 is 5.69 Å². The van der Waals surface area contributed by atoms with Gasteiger partial charge < -0.3 is 9.47 Å². The van der Waals surface area contributed by atoms with Crippen LogP contribution in [0.5, 0.6) is 17.2 Å². The fraction of sp³-hybridized carbons (Fsp3) is 0.0769. The molecule has 0 heterocycles. The largest absolute Gasteiger partial charge is 0.497 e. The maximum atomic E-state index is 13.1. The van der Waals surface area contributed by atoms with E-state index in [9.17, 15) is 14.5 Å². The van der Waals surface area contributed by atoms with Gasteiger partial charge in [-0.1, -0.05) is 0 Å². The highest BCUT2D eigenvalue weighted by Gasteiger charge is 2.17. The lowest BCUT2D eigenvalue weighted by atomic mass is 10.2. The van der Waals surface area contributed by atoms with E-state index in [-0.39, 0.29) is 21.7 Å². The minimum absolute atomic E-state index is 0.0212. The maximum Gasteiger partial charge on any atom is 0.311 e. The van der Waals surface area contributed by atoms with Crippen LogP contribution in [-0.2, 0) is 0 Å². The molecule has 0 atom stereocenters. The molecule has 2 rings (SSSR count). The summed E-state index contributed by atoms with van der Waals surface area (Å²) in [5.74, 6) is 0.270. The normalized spacial score (nSPS) is 10.2. The second-order valence-corrected chi connectivity index (χ2v) is 4.62. The van der Waals surface area contributed by atoms with Crippen molar-refractivity contribution in [2.75, 3.05) is 7.11 Å². The molecule has 0 unspecified atom stereocenters. The van der Waals surface area contributed by atoms with Gasteiger partial charge in [-0.15, -0.1) is 0 Å². The number of nitrogens with zero attached hydrogens (tertiary/aromatic N) is 1. The van der Waals surface area contributed by atoms with Crippen LogP contribution in [0.3, 0.4) is 0 Å². The first-order chi connectivity index (χ1) is 9.51. The van der Waals surface area contributed by atoms with Crippen molar-refractivity contribution in [2.45, 2.75) is 0 Å². The average molecular weight is 342 g/mol. The first-order valence-corrected chi connectivity index (χ1v) is 6.26. The fourth-order valence-corrected chi connectivity index (χ4v) is 1.88. The number of hydrogen-bond donors (Lipinski definition) is 0. The van der Waals surface area contributed by atoms with Gasteiger partial charge in [0, 0.05) is 12.1 Å². The van der Waals surface area contributed by atoms with Crippen molar-refractivity contribution < 1.29 is 18.8 Å². The molecule has 0 saturated heterocycles. The summed E-state index contributed by atoms with van der Waals surface area (Å²) in [5, 5.41) is 10.9. The standard InChI is InChI=1S/C13H9BrFNO4/c1-19-8-3-5-12(16(17)18)13(7-8)20-9-2-4-11(15)10(14)6-9/h2-7H,1H3. The first kappa shape index (κ1) is 14.3. The molecule has 0 aliphatic carbocycles. The van der Waals surface area contributed by atoms with Crippen molar-refractivity contribution in [1.82, 2.24) is 0 Å². The molecule has 0 aliphatic rings. The van der Waals surface area contributed by atoms with Crippen molar-refractivity contribution in [1.29, 1.82) is 0 Å². The summed E-state index contributed by atoms with van der Waals surface area (Å²) in [7, 11) is 1.44. The molecule has 0 radical (unpaired) electrons. The number of rotatable bonds is 4. The van der Waals surface area contributed by atoms with E-state index in [4.69, 9.17) is 9.47 Å². The van der Waals surface area contributed by atoms with Gasteiger partial charge in [0.1, 0.15) is 17.3 Å². The Hall–Kier alpha value is -2.15. The number of methoxy groups -OCH3 is 1. The summed E-state index contributed by atoms with van der Waals surface area (Å²) < 4.78 is 23.8. The lowest BCUT2D eigenvalue weighted by Crippen LogP contribution is -1.95. The van der Waals surface area contributed by atoms with Gasteiger partial charge in [0.05, 0.1) is 16.5 Å². The van der Waals surface area contributed by atoms with Crippen LogP contribution in [0.4, 0.5) is 10.1 Å². The van der Waals surface area contributed by atoms with E-state index in [1.165, 1.54) is 43.5 Å². The van der Waals surface area contributed by atoms with Gasteiger partial charge in [-0.25, -0.2) is 4.39 Å². The molecule has 2 aromatic rings. The molecule has 0 spiro atoms. The molecule has 0 bridgehead atoms. The van der Waals surface area contributed by atoms with Gasteiger partial charge in [0.2, 0.25) is 5.75 Å². The van der Waals surface area contributed by atoms with E-state index >= 15 is 0 Å². The molecule has 0 saturated carbocycles. The molecule has 0 amide bonds. The molecule has 2 aromatic carbocycles. The van der Waals surface area contributed by atoms with Gasteiger partial charge in [0.25, 0.3) is 0 Å². The zero-order chi connectivity index (χ0) is 14.7. The average Bonchev–Trinajstić information content (AvgIpc) is 2.42. The summed E-state index contributed by atoms with van der Waals surface area (Å²) in [6, 6.07) is 8.11. The molecule has 0 fully saturated rings. The fourth-order valence-electron chi connectivity index (χ4n) is 1.52. The third kappa shape index (κ3) is 3.05. The first-order valence-electron chi connectivity index (χ1n) is 5.46. The molecule has 0 aromatic heterocycles. The zero-order valence-corrected chi connectivity index (χ0v) is 11.9. The smallest absolute Gasteiger partial charge is 0.311 e. The Bertz CT molecular complexity index is 663. The van der Waals surface area contributed by atoms with Crippen molar-refractivity contribution in [3.05, 3.63) is 56.8 Å². The van der Waals surface area contributed by atoms with E-state index in [1.807, 2.05) is 0 Å². The molecular weight excluding hydrogens is 333 g/mol. The monoisotopic (exact) mass is 341 g/mol. The molecule has 0 N–H and O–H groups in total. The van der Waals surface area contributed by atoms with E-state index in [2.05, 4.69) is 15.9 Å². The second kappa shape index (κ2) is 5.87. The number of ether oxygens (including phenoxy) is 2. The maximum absolute atomic E-state index is 13.1. The Morgan fingerprint density at radius 1 is 1.20 bits per heavy atom. The van der Waals surface area contributed by atoms with Crippen LogP contribution in [0.2, 0.25) is 0 Å². The Balaban J connectivity index is 2.40. The Kier molecular flexibility index (Phi) is 4.19. The molecule has 104 valence electrons. The summed E-state index contributed by atoms with van der Waals surface area (Å²) in [5.41, 5.74) is -0.203. The number of nitro benzene ring substituents is 1. The van der Waals surface area contributed by atoms with Gasteiger partial charge in [-0.2, -0.15) is 0 Å². The van der Waals surface area contributed by atoms with Crippen LogP contribution in [-0.4, -0.2) is 12.0 Å². The minimum atomic E-state index is -0.562. The molecule has 5 nitrogen and oxygen atoms in total. The van der Waals surface area contributed by atoms with Crippen LogP contribution >= 0.6 is 15.9 Å². The lowest BCUT2D eigenvalue weighted by molar-refractivity contribution is -0.385. The predicted octanol–water partition coefficient (Wildman–Crippen LogP) is 4.30. The predicted molar refractivity (Wildman–Crippen MR) is 73.8 cm³/mol. The molecule has 7 heteroatoms. The quantitative estimate of drug-likeness (QED) is 0.614. The summed E-state index contributed by atoms with van der Waals surface area (Å²) in [4.78, 5) is 10.4. The lowest BCUT2D eigenvalue weighted by Gasteiger charge is -2.08. The molecular formula is C13H9BrFNO4. The highest BCUT2D eigenvalue weighted by atomic mass is 79.9. The van der Waals surface area contributed by atoms with Gasteiger partial charge in [-0.05, 0) is 40.2 Å². The third-order valence-electron chi connectivity index (χ3n) is 2.48. The van der Waals surface area contributed by atoms with Crippen molar-refractivity contribution in [3.8, 4) is 17.2 Å². The highest BCUT2D eigenvalue weighted by Crippen LogP contribution is 2.35. The van der Waals surface area contributed by atoms with Gasteiger partial charge in [0.15, 0.2) is 0 Å². The van der Waals surface area contributed by atoms with Crippen LogP contribution in [0.25, 0.3) is 0 Å². The number of benzene rings is 2. The number of nitro groups is 1. The van der Waals surface area contributed by atoms with E-state index in [0.717, 1.165) is 0 Å². The second-order valence-electron chi connectivity index (χ2n) is 3.77. The van der Waals surface area contributed by atoms with Crippen LogP contribution in [0.1, 0.15) is 0 Å². The van der Waals surface area contributed by atoms with Crippen molar-refractivity contribution in [3.63, 3.8) is 0 Å². The third-order valence-corrected chi connectivity index (χ3v) is 3.09. The molecule has 0 aliphatic heterocycles. The van der Waals surface area contributed by atoms with Crippen molar-refractivity contribution >= 4 is 21.6 Å². The topological polar surface area (TPSA) is 61.6 Å². The zero-order valence-electron chi connectivity index (χ0n) is 10.3. The molecule has 20 heavy (non-hydrogen) atoms. The summed E-state index contributed by atoms with van der Waals surface area (Å²) >= 11 is 3.02. The SMILES string of the molecule is COc1ccc([N+](=O)[O-])c(Oc2ccc(F)c(Br)c2)c1. The Labute approximate surface area is 122 Å². The Morgan fingerprint density at radius 2 is 1.90 bits per heavy atom. The minimum Gasteiger partial charge on any atom is -0.497 e. The van der Waals surface area contributed by atoms with Crippen LogP contribution in [0, 0.1) is 15.9 Å². The van der Waals surface area contributed by atoms with Crippen molar-refractivity contribution in [2.24, 2.45) is 0 Å².